The van der Waals surface area contributed by atoms with Crippen molar-refractivity contribution in [2.75, 3.05) is 10.6 Å². The lowest BCUT2D eigenvalue weighted by Gasteiger charge is -2.25. The quantitative estimate of drug-likeness (QED) is 0.906. The summed E-state index contributed by atoms with van der Waals surface area (Å²) in [6, 6.07) is 11.3. The molecule has 1 heterocycles. The lowest BCUT2D eigenvalue weighted by Crippen LogP contribution is -2.34. The summed E-state index contributed by atoms with van der Waals surface area (Å²) in [6.45, 7) is 1.66. The van der Waals surface area contributed by atoms with Crippen molar-refractivity contribution in [2.24, 2.45) is 0 Å². The second-order valence-corrected chi connectivity index (χ2v) is 5.61. The van der Waals surface area contributed by atoms with E-state index < -0.39 is 6.10 Å². The van der Waals surface area contributed by atoms with Gasteiger partial charge in [0.1, 0.15) is 17.3 Å². The third-order valence-electron chi connectivity index (χ3n) is 3.75. The molecule has 24 heavy (non-hydrogen) atoms. The predicted molar refractivity (Wildman–Crippen MR) is 88.5 cm³/mol. The Bertz CT molecular complexity index is 792. The Morgan fingerprint density at radius 2 is 2.08 bits per heavy atom. The van der Waals surface area contributed by atoms with E-state index in [0.29, 0.717) is 23.5 Å². The fourth-order valence-corrected chi connectivity index (χ4v) is 2.49. The molecule has 0 spiro atoms. The van der Waals surface area contributed by atoms with Crippen LogP contribution in [0.3, 0.4) is 0 Å². The number of hydrogen-bond acceptors (Lipinski definition) is 3. The third-order valence-corrected chi connectivity index (χ3v) is 3.75. The molecule has 0 aliphatic carbocycles. The summed E-state index contributed by atoms with van der Waals surface area (Å²) in [5, 5.41) is 5.50. The lowest BCUT2D eigenvalue weighted by molar-refractivity contribution is -0.122. The molecular weight excluding hydrogens is 311 g/mol. The minimum absolute atomic E-state index is 0.207. The smallest absolute Gasteiger partial charge is 0.265 e. The van der Waals surface area contributed by atoms with Crippen LogP contribution in [0.2, 0.25) is 0 Å². The summed E-state index contributed by atoms with van der Waals surface area (Å²) in [5.41, 5.74) is 1.70. The molecule has 0 radical (unpaired) electrons. The topological polar surface area (TPSA) is 67.4 Å². The van der Waals surface area contributed by atoms with Crippen LogP contribution in [0.4, 0.5) is 15.8 Å². The maximum atomic E-state index is 13.1. The number of carbonyl (C=O) groups is 2. The van der Waals surface area contributed by atoms with Crippen molar-refractivity contribution in [1.29, 1.82) is 0 Å². The molecule has 1 unspecified atom stereocenters. The van der Waals surface area contributed by atoms with Gasteiger partial charge in [-0.1, -0.05) is 18.2 Å². The van der Waals surface area contributed by atoms with E-state index in [1.165, 1.54) is 12.1 Å². The van der Waals surface area contributed by atoms with Crippen molar-refractivity contribution in [3.63, 3.8) is 0 Å². The Kier molecular flexibility index (Phi) is 4.46. The molecule has 2 aromatic rings. The summed E-state index contributed by atoms with van der Waals surface area (Å²) in [4.78, 5) is 23.9. The number of hydrogen-bond donors (Lipinski definition) is 2. The van der Waals surface area contributed by atoms with Crippen LogP contribution in [0.1, 0.15) is 18.9 Å². The molecule has 124 valence electrons. The van der Waals surface area contributed by atoms with Gasteiger partial charge in [-0.2, -0.15) is 0 Å². The molecule has 1 aliphatic rings. The van der Waals surface area contributed by atoms with Crippen LogP contribution in [-0.2, 0) is 16.0 Å². The van der Waals surface area contributed by atoms with Crippen molar-refractivity contribution in [1.82, 2.24) is 0 Å². The summed E-state index contributed by atoms with van der Waals surface area (Å²) >= 11 is 0. The first-order chi connectivity index (χ1) is 11.5. The Hall–Kier alpha value is -2.89. The minimum Gasteiger partial charge on any atom is -0.479 e. The zero-order valence-corrected chi connectivity index (χ0v) is 13.1. The largest absolute Gasteiger partial charge is 0.479 e. The van der Waals surface area contributed by atoms with Crippen LogP contribution in [0.5, 0.6) is 5.75 Å². The minimum atomic E-state index is -0.573. The van der Waals surface area contributed by atoms with Gasteiger partial charge in [0.2, 0.25) is 5.91 Å². The van der Waals surface area contributed by atoms with Gasteiger partial charge in [-0.3, -0.25) is 9.59 Å². The van der Waals surface area contributed by atoms with Crippen LogP contribution in [0.15, 0.2) is 42.5 Å². The number of carbonyl (C=O) groups excluding carboxylic acids is 2. The molecule has 2 N–H and O–H groups in total. The molecule has 1 aliphatic heterocycles. The fourth-order valence-electron chi connectivity index (χ4n) is 2.49. The highest BCUT2D eigenvalue weighted by Gasteiger charge is 2.25. The van der Waals surface area contributed by atoms with Crippen molar-refractivity contribution >= 4 is 23.2 Å². The highest BCUT2D eigenvalue weighted by molar-refractivity contribution is 6.04. The Labute approximate surface area is 138 Å². The van der Waals surface area contributed by atoms with Gasteiger partial charge in [-0.15, -0.1) is 0 Å². The first-order valence-corrected chi connectivity index (χ1v) is 7.68. The average molecular weight is 328 g/mol. The zero-order chi connectivity index (χ0) is 17.1. The highest BCUT2D eigenvalue weighted by Crippen LogP contribution is 2.36. The molecule has 2 aromatic carbocycles. The van der Waals surface area contributed by atoms with Crippen molar-refractivity contribution in [3.05, 3.63) is 53.8 Å². The van der Waals surface area contributed by atoms with E-state index in [1.54, 1.807) is 37.3 Å². The normalized spacial score (nSPS) is 15.9. The van der Waals surface area contributed by atoms with Crippen molar-refractivity contribution in [2.45, 2.75) is 25.9 Å². The molecule has 0 fully saturated rings. The molecule has 3 rings (SSSR count). The summed E-state index contributed by atoms with van der Waals surface area (Å²) in [7, 11) is 0. The monoisotopic (exact) mass is 328 g/mol. The van der Waals surface area contributed by atoms with Crippen LogP contribution >= 0.6 is 0 Å². The van der Waals surface area contributed by atoms with Crippen molar-refractivity contribution < 1.29 is 18.7 Å². The second kappa shape index (κ2) is 6.70. The van der Waals surface area contributed by atoms with E-state index >= 15 is 0 Å². The number of halogens is 1. The number of amides is 2. The van der Waals surface area contributed by atoms with Gasteiger partial charge < -0.3 is 15.4 Å². The average Bonchev–Trinajstić information content (AvgIpc) is 2.55. The maximum Gasteiger partial charge on any atom is 0.265 e. The van der Waals surface area contributed by atoms with E-state index in [2.05, 4.69) is 10.6 Å². The number of para-hydroxylation sites is 1. The first kappa shape index (κ1) is 16.0. The second-order valence-electron chi connectivity index (χ2n) is 5.61. The molecule has 0 saturated carbocycles. The Morgan fingerprint density at radius 3 is 2.88 bits per heavy atom. The maximum absolute atomic E-state index is 13.1. The van der Waals surface area contributed by atoms with Crippen LogP contribution < -0.4 is 15.4 Å². The molecule has 6 heteroatoms. The SMILES string of the molecule is CC1Oc2cccc(NC(=O)CCc3cccc(F)c3)c2NC1=O. The Balaban J connectivity index is 1.67. The molecular formula is C18H17FN2O3. The van der Waals surface area contributed by atoms with E-state index in [1.807, 2.05) is 0 Å². The van der Waals surface area contributed by atoms with Crippen molar-refractivity contribution in [3.8, 4) is 5.75 Å². The van der Waals surface area contributed by atoms with Gasteiger partial charge in [0.25, 0.3) is 5.91 Å². The number of ether oxygens (including phenoxy) is 1. The summed E-state index contributed by atoms with van der Waals surface area (Å²) in [5.74, 6) is -0.284. The van der Waals surface area contributed by atoms with Gasteiger partial charge in [0, 0.05) is 6.42 Å². The zero-order valence-electron chi connectivity index (χ0n) is 13.1. The molecule has 0 saturated heterocycles. The van der Waals surface area contributed by atoms with E-state index in [4.69, 9.17) is 4.74 Å². The first-order valence-electron chi connectivity index (χ1n) is 7.68. The van der Waals surface area contributed by atoms with E-state index in [9.17, 15) is 14.0 Å². The summed E-state index contributed by atoms with van der Waals surface area (Å²) in [6.07, 6.45) is 0.0630. The van der Waals surface area contributed by atoms with Gasteiger partial charge >= 0.3 is 0 Å². The molecule has 1 atom stereocenters. The van der Waals surface area contributed by atoms with Gasteiger partial charge in [0.05, 0.1) is 5.69 Å². The standard InChI is InChI=1S/C18H17FN2O3/c1-11-18(23)21-17-14(6-3-7-15(17)24-11)20-16(22)9-8-12-4-2-5-13(19)10-12/h2-7,10-11H,8-9H2,1H3,(H,20,22)(H,21,23). The number of benzene rings is 2. The molecule has 5 nitrogen and oxygen atoms in total. The van der Waals surface area contributed by atoms with E-state index in [-0.39, 0.29) is 24.1 Å². The van der Waals surface area contributed by atoms with Gasteiger partial charge in [0.15, 0.2) is 6.10 Å². The number of anilines is 2. The predicted octanol–water partition coefficient (Wildman–Crippen LogP) is 3.12. The Morgan fingerprint density at radius 1 is 1.29 bits per heavy atom. The lowest BCUT2D eigenvalue weighted by atomic mass is 10.1. The number of nitrogens with one attached hydrogen (secondary N) is 2. The highest BCUT2D eigenvalue weighted by atomic mass is 19.1. The molecule has 0 bridgehead atoms. The molecule has 2 amide bonds. The summed E-state index contributed by atoms with van der Waals surface area (Å²) < 4.78 is 18.6. The van der Waals surface area contributed by atoms with Crippen LogP contribution in [-0.4, -0.2) is 17.9 Å². The van der Waals surface area contributed by atoms with Crippen LogP contribution in [0.25, 0.3) is 0 Å². The third kappa shape index (κ3) is 3.53. The van der Waals surface area contributed by atoms with Gasteiger partial charge in [-0.25, -0.2) is 4.39 Å². The number of aryl methyl sites for hydroxylation is 1. The molecule has 0 aromatic heterocycles. The number of rotatable bonds is 4. The fraction of sp³-hybridized carbons (Fsp3) is 0.222. The number of fused-ring (bicyclic) bond motifs is 1. The van der Waals surface area contributed by atoms with E-state index in [0.717, 1.165) is 5.56 Å². The van der Waals surface area contributed by atoms with Gasteiger partial charge in [-0.05, 0) is 43.2 Å². The van der Waals surface area contributed by atoms with Crippen LogP contribution in [0, 0.1) is 5.82 Å².